The lowest BCUT2D eigenvalue weighted by Crippen LogP contribution is -2.13. The molecule has 0 saturated carbocycles. The van der Waals surface area contributed by atoms with Gasteiger partial charge in [-0.2, -0.15) is 0 Å². The first-order valence-corrected chi connectivity index (χ1v) is 2.63. The zero-order chi connectivity index (χ0) is 7.28. The maximum atomic E-state index is 4.86. The Bertz CT molecular complexity index is 103. The van der Waals surface area contributed by atoms with Gasteiger partial charge in [-0.3, -0.25) is 0 Å². The minimum Gasteiger partial charge on any atom is -0.352 e. The van der Waals surface area contributed by atoms with Crippen LogP contribution in [0.5, 0.6) is 0 Å². The van der Waals surface area contributed by atoms with E-state index in [9.17, 15) is 0 Å². The van der Waals surface area contributed by atoms with Crippen molar-refractivity contribution in [2.45, 2.75) is 6.29 Å². The summed E-state index contributed by atoms with van der Waals surface area (Å²) in [5.74, 6) is 0. The number of rotatable bonds is 4. The van der Waals surface area contributed by atoms with Crippen molar-refractivity contribution in [2.75, 3.05) is 14.2 Å². The first-order chi connectivity index (χ1) is 4.26. The van der Waals surface area contributed by atoms with E-state index >= 15 is 0 Å². The highest BCUT2D eigenvalue weighted by Gasteiger charge is 2.04. The van der Waals surface area contributed by atoms with Crippen LogP contribution in [0.15, 0.2) is 24.8 Å². The molecule has 0 rings (SSSR count). The molecule has 0 radical (unpaired) electrons. The van der Waals surface area contributed by atoms with Gasteiger partial charge in [-0.1, -0.05) is 19.2 Å². The van der Waals surface area contributed by atoms with Gasteiger partial charge in [0.2, 0.25) is 0 Å². The lowest BCUT2D eigenvalue weighted by atomic mass is 10.3. The van der Waals surface area contributed by atoms with Crippen LogP contribution in [-0.2, 0) is 9.47 Å². The minimum atomic E-state index is -0.345. The zero-order valence-corrected chi connectivity index (χ0v) is 5.89. The van der Waals surface area contributed by atoms with Gasteiger partial charge in [0.25, 0.3) is 0 Å². The molecule has 0 heterocycles. The van der Waals surface area contributed by atoms with Crippen molar-refractivity contribution in [3.63, 3.8) is 0 Å². The molecule has 0 spiro atoms. The standard InChI is InChI=1S/C7H12O2/c1-5-6(2)7(8-3)9-4/h5,7H,1-2H2,3-4H3. The number of hydrogen-bond donors (Lipinski definition) is 0. The van der Waals surface area contributed by atoms with Crippen LogP contribution in [-0.4, -0.2) is 20.5 Å². The quantitative estimate of drug-likeness (QED) is 0.420. The molecule has 0 amide bonds. The van der Waals surface area contributed by atoms with E-state index in [1.807, 2.05) is 0 Å². The lowest BCUT2D eigenvalue weighted by molar-refractivity contribution is -0.0721. The average molecular weight is 128 g/mol. The number of hydrogen-bond acceptors (Lipinski definition) is 2. The van der Waals surface area contributed by atoms with Crippen molar-refractivity contribution in [2.24, 2.45) is 0 Å². The number of ether oxygens (including phenoxy) is 2. The summed E-state index contributed by atoms with van der Waals surface area (Å²) in [5.41, 5.74) is 0.736. The van der Waals surface area contributed by atoms with Gasteiger partial charge in [0, 0.05) is 14.2 Å². The van der Waals surface area contributed by atoms with Gasteiger partial charge in [-0.05, 0) is 5.57 Å². The van der Waals surface area contributed by atoms with Gasteiger partial charge in [0.05, 0.1) is 0 Å². The van der Waals surface area contributed by atoms with Gasteiger partial charge in [0.1, 0.15) is 0 Å². The number of methoxy groups -OCH3 is 2. The predicted octanol–water partition coefficient (Wildman–Crippen LogP) is 1.35. The fourth-order valence-corrected chi connectivity index (χ4v) is 0.495. The van der Waals surface area contributed by atoms with Crippen LogP contribution in [0.25, 0.3) is 0 Å². The molecule has 0 aromatic heterocycles. The first-order valence-electron chi connectivity index (χ1n) is 2.63. The first kappa shape index (κ1) is 8.40. The predicted molar refractivity (Wildman–Crippen MR) is 37.1 cm³/mol. The highest BCUT2D eigenvalue weighted by molar-refractivity contribution is 5.13. The third kappa shape index (κ3) is 2.44. The second-order valence-corrected chi connectivity index (χ2v) is 1.58. The monoisotopic (exact) mass is 128 g/mol. The van der Waals surface area contributed by atoms with Gasteiger partial charge in [0.15, 0.2) is 6.29 Å². The van der Waals surface area contributed by atoms with Crippen molar-refractivity contribution >= 4 is 0 Å². The van der Waals surface area contributed by atoms with Gasteiger partial charge in [-0.25, -0.2) is 0 Å². The molecule has 2 nitrogen and oxygen atoms in total. The second kappa shape index (κ2) is 4.30. The summed E-state index contributed by atoms with van der Waals surface area (Å²) in [4.78, 5) is 0. The fraction of sp³-hybridized carbons (Fsp3) is 0.429. The van der Waals surface area contributed by atoms with Crippen molar-refractivity contribution in [1.82, 2.24) is 0 Å². The summed E-state index contributed by atoms with van der Waals surface area (Å²) in [6, 6.07) is 0. The molecule has 0 fully saturated rings. The molecule has 0 aromatic carbocycles. The SMILES string of the molecule is C=CC(=C)C(OC)OC. The molecule has 0 bridgehead atoms. The molecular weight excluding hydrogens is 116 g/mol. The van der Waals surface area contributed by atoms with E-state index in [1.165, 1.54) is 0 Å². The van der Waals surface area contributed by atoms with Gasteiger partial charge >= 0.3 is 0 Å². The molecule has 0 unspecified atom stereocenters. The molecule has 0 aliphatic heterocycles. The molecule has 0 saturated heterocycles. The summed E-state index contributed by atoms with van der Waals surface area (Å²) < 4.78 is 9.72. The third-order valence-corrected chi connectivity index (χ3v) is 0.993. The third-order valence-electron chi connectivity index (χ3n) is 0.993. The van der Waals surface area contributed by atoms with E-state index < -0.39 is 0 Å². The maximum absolute atomic E-state index is 4.86. The van der Waals surface area contributed by atoms with Gasteiger partial charge in [-0.15, -0.1) is 0 Å². The normalized spacial score (nSPS) is 9.67. The molecule has 0 aliphatic carbocycles. The fourth-order valence-electron chi connectivity index (χ4n) is 0.495. The van der Waals surface area contributed by atoms with Crippen molar-refractivity contribution in [3.8, 4) is 0 Å². The Kier molecular flexibility index (Phi) is 4.01. The Morgan fingerprint density at radius 1 is 1.44 bits per heavy atom. The molecule has 0 aliphatic rings. The van der Waals surface area contributed by atoms with Crippen molar-refractivity contribution < 1.29 is 9.47 Å². The van der Waals surface area contributed by atoms with E-state index in [4.69, 9.17) is 9.47 Å². The topological polar surface area (TPSA) is 18.5 Å². The largest absolute Gasteiger partial charge is 0.352 e. The Hall–Kier alpha value is -0.600. The van der Waals surface area contributed by atoms with Crippen LogP contribution in [0.4, 0.5) is 0 Å². The Morgan fingerprint density at radius 3 is 2.00 bits per heavy atom. The summed E-state index contributed by atoms with van der Waals surface area (Å²) in [6.45, 7) is 7.16. The summed E-state index contributed by atoms with van der Waals surface area (Å²) in [5, 5.41) is 0. The Morgan fingerprint density at radius 2 is 1.89 bits per heavy atom. The summed E-state index contributed by atoms with van der Waals surface area (Å²) >= 11 is 0. The minimum absolute atomic E-state index is 0.345. The molecule has 0 aromatic rings. The van der Waals surface area contributed by atoms with Crippen LogP contribution in [0, 0.1) is 0 Å². The van der Waals surface area contributed by atoms with Crippen LogP contribution in [0.1, 0.15) is 0 Å². The van der Waals surface area contributed by atoms with Crippen LogP contribution >= 0.6 is 0 Å². The smallest absolute Gasteiger partial charge is 0.182 e. The van der Waals surface area contributed by atoms with E-state index in [2.05, 4.69) is 13.2 Å². The van der Waals surface area contributed by atoms with Gasteiger partial charge < -0.3 is 9.47 Å². The lowest BCUT2D eigenvalue weighted by Gasteiger charge is -2.12. The molecule has 52 valence electrons. The molecule has 0 atom stereocenters. The second-order valence-electron chi connectivity index (χ2n) is 1.58. The zero-order valence-electron chi connectivity index (χ0n) is 5.89. The summed E-state index contributed by atoms with van der Waals surface area (Å²) in [7, 11) is 3.12. The highest BCUT2D eigenvalue weighted by atomic mass is 16.7. The molecule has 0 N–H and O–H groups in total. The van der Waals surface area contributed by atoms with E-state index in [1.54, 1.807) is 20.3 Å². The van der Waals surface area contributed by atoms with Crippen molar-refractivity contribution in [1.29, 1.82) is 0 Å². The molecule has 2 heteroatoms. The molecular formula is C7H12O2. The van der Waals surface area contributed by atoms with E-state index in [-0.39, 0.29) is 6.29 Å². The molecule has 9 heavy (non-hydrogen) atoms. The summed E-state index contributed by atoms with van der Waals surface area (Å²) in [6.07, 6.45) is 1.26. The Balaban J connectivity index is 3.78. The highest BCUT2D eigenvalue weighted by Crippen LogP contribution is 2.03. The van der Waals surface area contributed by atoms with E-state index in [0.29, 0.717) is 0 Å². The van der Waals surface area contributed by atoms with Crippen LogP contribution in [0.3, 0.4) is 0 Å². The van der Waals surface area contributed by atoms with Crippen LogP contribution < -0.4 is 0 Å². The average Bonchev–Trinajstić information content (AvgIpc) is 1.90. The van der Waals surface area contributed by atoms with Crippen LogP contribution in [0.2, 0.25) is 0 Å². The maximum Gasteiger partial charge on any atom is 0.182 e. The van der Waals surface area contributed by atoms with Crippen molar-refractivity contribution in [3.05, 3.63) is 24.8 Å². The Labute approximate surface area is 55.8 Å². The van der Waals surface area contributed by atoms with E-state index in [0.717, 1.165) is 5.57 Å².